The highest BCUT2D eigenvalue weighted by Gasteiger charge is 2.43. The molecule has 4 aromatic heterocycles. The topological polar surface area (TPSA) is 380 Å². The second-order valence-electron chi connectivity index (χ2n) is 29.6. The van der Waals surface area contributed by atoms with Gasteiger partial charge in [0.15, 0.2) is 23.1 Å². The lowest BCUT2D eigenvalue weighted by Crippen LogP contribution is -2.47. The Hall–Kier alpha value is -12.8. The van der Waals surface area contributed by atoms with Gasteiger partial charge >= 0.3 is 6.03 Å². The molecular weight excluding hydrogens is 1510 g/mol. The fourth-order valence-electron chi connectivity index (χ4n) is 15.6. The molecule has 0 bridgehead atoms. The molecule has 4 aliphatic rings. The number of nitrogens with zero attached hydrogens (tertiary/aromatic N) is 12. The van der Waals surface area contributed by atoms with E-state index in [1.165, 1.54) is 71.8 Å². The molecule has 4 saturated heterocycles. The summed E-state index contributed by atoms with van der Waals surface area (Å²) in [5.41, 5.74) is 6.95. The molecule has 27 heteroatoms. The number of carbonyl (C=O) groups excluding carboxylic acids is 10. The highest BCUT2D eigenvalue weighted by molar-refractivity contribution is 5.98. The Morgan fingerprint density at radius 2 is 0.513 bits per heavy atom. The molecule has 27 nitrogen and oxygen atoms in total. The predicted octanol–water partition coefficient (Wildman–Crippen LogP) is 9.71. The Kier molecular flexibility index (Phi) is 33.7. The molecule has 8 heterocycles. The number of piperidine rings is 4. The lowest BCUT2D eigenvalue weighted by atomic mass is 9.70. The molecule has 4 aliphatic heterocycles. The normalized spacial score (nSPS) is 15.3. The Bertz CT molecular complexity index is 4750. The molecule has 14 rings (SSSR count). The first-order valence-corrected chi connectivity index (χ1v) is 39.3. The van der Waals surface area contributed by atoms with Crippen LogP contribution in [0.2, 0.25) is 0 Å². The molecular formula is C92H101N13O14. The molecule has 0 radical (unpaired) electrons. The van der Waals surface area contributed by atoms with Crippen LogP contribution in [-0.2, 0) is 66.5 Å². The van der Waals surface area contributed by atoms with Gasteiger partial charge in [-0.25, -0.2) is 44.7 Å². The van der Waals surface area contributed by atoms with Crippen LogP contribution >= 0.6 is 0 Å². The summed E-state index contributed by atoms with van der Waals surface area (Å²) in [4.78, 5) is 154. The molecule has 5 amide bonds. The summed E-state index contributed by atoms with van der Waals surface area (Å²) in [6, 6.07) is 59.9. The van der Waals surface area contributed by atoms with Crippen molar-refractivity contribution in [2.45, 2.75) is 113 Å². The molecule has 618 valence electrons. The standard InChI is InChI=1S/C25H26N4O3.C25H25N3O3.2C20H23N3O3.2CH2O/c30-18-22(31)19-16-26-23(27-17-19)15-25(20-7-3-1-4-8-20)11-13-29(14-12-25)24(32)28-21-9-5-2-6-10-21;29-18-22(30)20-16-26-23(27-17-20)15-25(21-9-5-2-6-10-21)11-13-28(14-12-25)24(31)19-7-3-1-4-8-19;2*1-15(25)23-9-7-20(8-10-23,17-5-3-2-4-6-17)11-19-21-12-16(13-22-19)18(26)14-24;2*1-2/h1-10,16-17,30H,11-15,18H2,(H,28,32);1-10,16-17,29H,11-15,18H2;2*2-6,12-13,24H,7-11,14H2,1H3;2*1H2. The number of hydrogen-bond acceptors (Lipinski definition) is 22. The molecule has 0 spiro atoms. The van der Waals surface area contributed by atoms with E-state index in [2.05, 4.69) is 93.7 Å². The van der Waals surface area contributed by atoms with Crippen molar-refractivity contribution in [3.63, 3.8) is 0 Å². The van der Waals surface area contributed by atoms with E-state index >= 15 is 0 Å². The SMILES string of the molecule is C=O.C=O.CC(=O)N1CCC(Cc2ncc(C(=O)CO)cn2)(c2ccccc2)CC1.CC(=O)N1CCC(Cc2ncc(C(=O)CO)cn2)(c2ccccc2)CC1.O=C(CO)c1cnc(CC2(c3ccccc3)CCN(C(=O)Nc3ccccc3)CC2)nc1.O=C(CO)c1cnc(CC2(c3ccccc3)CCN(C(=O)c3ccccc3)CC2)nc1. The molecule has 0 saturated carbocycles. The van der Waals surface area contributed by atoms with Crippen LogP contribution in [-0.4, -0.2) is 219 Å². The van der Waals surface area contributed by atoms with E-state index in [1.54, 1.807) is 13.8 Å². The van der Waals surface area contributed by atoms with Crippen molar-refractivity contribution in [1.82, 2.24) is 59.5 Å². The number of likely N-dealkylation sites (tertiary alicyclic amines) is 4. The minimum Gasteiger partial charge on any atom is -0.388 e. The van der Waals surface area contributed by atoms with E-state index in [-0.39, 0.29) is 57.0 Å². The van der Waals surface area contributed by atoms with Gasteiger partial charge in [-0.15, -0.1) is 0 Å². The van der Waals surface area contributed by atoms with Gasteiger partial charge in [0.25, 0.3) is 5.91 Å². The highest BCUT2D eigenvalue weighted by atomic mass is 16.3. The van der Waals surface area contributed by atoms with Gasteiger partial charge in [0.1, 0.15) is 63.3 Å². The molecule has 0 atom stereocenters. The molecule has 10 aromatic rings. The van der Waals surface area contributed by atoms with E-state index in [9.17, 15) is 38.4 Å². The molecule has 119 heavy (non-hydrogen) atoms. The minimum atomic E-state index is -0.558. The number of nitrogens with one attached hydrogen (secondary N) is 1. The number of rotatable bonds is 22. The van der Waals surface area contributed by atoms with Crippen LogP contribution in [0, 0.1) is 0 Å². The quantitative estimate of drug-likeness (QED) is 0.0394. The third-order valence-electron chi connectivity index (χ3n) is 22.6. The van der Waals surface area contributed by atoms with E-state index < -0.39 is 38.0 Å². The summed E-state index contributed by atoms with van der Waals surface area (Å²) in [6.07, 6.45) is 20.9. The van der Waals surface area contributed by atoms with Gasteiger partial charge in [0, 0.05) is 174 Å². The Morgan fingerprint density at radius 3 is 0.739 bits per heavy atom. The number of amides is 5. The van der Waals surface area contributed by atoms with Gasteiger partial charge < -0.3 is 54.9 Å². The Balaban J connectivity index is 0.000000179. The number of hydrogen-bond donors (Lipinski definition) is 5. The number of urea groups is 1. The third-order valence-corrected chi connectivity index (χ3v) is 22.6. The van der Waals surface area contributed by atoms with Crippen LogP contribution in [0.3, 0.4) is 0 Å². The molecule has 0 aliphatic carbocycles. The lowest BCUT2D eigenvalue weighted by molar-refractivity contribution is -0.131. The van der Waals surface area contributed by atoms with Crippen LogP contribution in [0.1, 0.15) is 163 Å². The van der Waals surface area contributed by atoms with E-state index in [1.807, 2.05) is 167 Å². The average molecular weight is 1610 g/mol. The fraction of sp³-hybridized carbons (Fsp3) is 0.326. The number of aliphatic hydroxyl groups excluding tert-OH is 4. The van der Waals surface area contributed by atoms with E-state index in [0.29, 0.717) is 129 Å². The molecule has 4 fully saturated rings. The minimum absolute atomic E-state index is 0.0605. The maximum atomic E-state index is 12.9. The second-order valence-corrected chi connectivity index (χ2v) is 29.6. The van der Waals surface area contributed by atoms with Crippen molar-refractivity contribution < 1.29 is 68.4 Å². The number of anilines is 1. The number of para-hydroxylation sites is 1. The zero-order valence-electron chi connectivity index (χ0n) is 67.1. The smallest absolute Gasteiger partial charge is 0.321 e. The van der Waals surface area contributed by atoms with Crippen molar-refractivity contribution in [2.75, 3.05) is 84.1 Å². The Morgan fingerprint density at radius 1 is 0.303 bits per heavy atom. The lowest BCUT2D eigenvalue weighted by Gasteiger charge is -2.42. The Labute approximate surface area is 692 Å². The first-order valence-electron chi connectivity index (χ1n) is 39.3. The monoisotopic (exact) mass is 1610 g/mol. The average Bonchev–Trinajstić information content (AvgIpc) is 0.807. The molecule has 6 aromatic carbocycles. The van der Waals surface area contributed by atoms with Crippen molar-refractivity contribution >= 4 is 66.2 Å². The van der Waals surface area contributed by atoms with Gasteiger partial charge in [-0.05, 0) is 97.9 Å². The van der Waals surface area contributed by atoms with Crippen LogP contribution in [0.25, 0.3) is 0 Å². The van der Waals surface area contributed by atoms with Gasteiger partial charge in [-0.1, -0.05) is 158 Å². The first-order chi connectivity index (χ1) is 57.8. The summed E-state index contributed by atoms with van der Waals surface area (Å²) in [6.45, 7) is 10.4. The van der Waals surface area contributed by atoms with Crippen molar-refractivity contribution in [3.05, 3.63) is 305 Å². The third kappa shape index (κ3) is 24.2. The van der Waals surface area contributed by atoms with E-state index in [0.717, 1.165) is 57.1 Å². The maximum Gasteiger partial charge on any atom is 0.321 e. The van der Waals surface area contributed by atoms with Gasteiger partial charge in [-0.2, -0.15) is 0 Å². The number of carbonyl (C=O) groups is 10. The second kappa shape index (κ2) is 44.5. The highest BCUT2D eigenvalue weighted by Crippen LogP contribution is 2.43. The predicted molar refractivity (Wildman–Crippen MR) is 446 cm³/mol. The van der Waals surface area contributed by atoms with Crippen molar-refractivity contribution in [1.29, 1.82) is 0 Å². The summed E-state index contributed by atoms with van der Waals surface area (Å²) < 4.78 is 0. The number of aliphatic hydroxyl groups is 4. The van der Waals surface area contributed by atoms with Crippen molar-refractivity contribution in [2.24, 2.45) is 0 Å². The number of aromatic nitrogens is 8. The molecule has 0 unspecified atom stereocenters. The largest absolute Gasteiger partial charge is 0.388 e. The van der Waals surface area contributed by atoms with Gasteiger partial charge in [0.05, 0.1) is 22.3 Å². The molecule has 5 N–H and O–H groups in total. The van der Waals surface area contributed by atoms with Gasteiger partial charge in [0.2, 0.25) is 11.8 Å². The van der Waals surface area contributed by atoms with Crippen LogP contribution < -0.4 is 5.32 Å². The summed E-state index contributed by atoms with van der Waals surface area (Å²) in [7, 11) is 0. The zero-order valence-corrected chi connectivity index (χ0v) is 67.1. The van der Waals surface area contributed by atoms with Crippen LogP contribution in [0.15, 0.2) is 232 Å². The number of Topliss-reactive ketones (excluding diaryl/α,β-unsaturated/α-hetero) is 4. The van der Waals surface area contributed by atoms with E-state index in [4.69, 9.17) is 30.0 Å². The summed E-state index contributed by atoms with van der Waals surface area (Å²) >= 11 is 0. The fourth-order valence-corrected chi connectivity index (χ4v) is 15.6. The number of ketones is 4. The first kappa shape index (κ1) is 90.1. The number of benzene rings is 6. The maximum absolute atomic E-state index is 12.9. The summed E-state index contributed by atoms with van der Waals surface area (Å²) in [5, 5.41) is 38.9. The van der Waals surface area contributed by atoms with Crippen molar-refractivity contribution in [3.8, 4) is 0 Å². The van der Waals surface area contributed by atoms with Crippen LogP contribution in [0.4, 0.5) is 10.5 Å². The van der Waals surface area contributed by atoms with Crippen LogP contribution in [0.5, 0.6) is 0 Å². The zero-order chi connectivity index (χ0) is 85.2. The summed E-state index contributed by atoms with van der Waals surface area (Å²) in [5.74, 6) is 1.35. The van der Waals surface area contributed by atoms with Gasteiger partial charge in [-0.3, -0.25) is 33.6 Å².